The Labute approximate surface area is 155 Å². The molecule has 1 heterocycles. The molecule has 136 valence electrons. The first-order chi connectivity index (χ1) is 13.0. The average Bonchev–Trinajstić information content (AvgIpc) is 3.11. The Morgan fingerprint density at radius 3 is 2.70 bits per heavy atom. The van der Waals surface area contributed by atoms with Gasteiger partial charge in [-0.2, -0.15) is 0 Å². The Bertz CT molecular complexity index is 944. The van der Waals surface area contributed by atoms with Gasteiger partial charge in [0.2, 0.25) is 0 Å². The number of carbonyl (C=O) groups excluding carboxylic acids is 2. The third-order valence-electron chi connectivity index (χ3n) is 3.92. The largest absolute Gasteiger partial charge is 0.341 e. The van der Waals surface area contributed by atoms with Crippen LogP contribution in [0.2, 0.25) is 0 Å². The van der Waals surface area contributed by atoms with Gasteiger partial charge < -0.3 is 10.6 Å². The van der Waals surface area contributed by atoms with E-state index in [1.54, 1.807) is 17.0 Å². The van der Waals surface area contributed by atoms with E-state index in [0.717, 1.165) is 11.3 Å². The lowest BCUT2D eigenvalue weighted by Gasteiger charge is -2.13. The Balaban J connectivity index is 1.56. The van der Waals surface area contributed by atoms with Crippen LogP contribution in [-0.2, 0) is 0 Å². The van der Waals surface area contributed by atoms with Gasteiger partial charge in [-0.15, -0.1) is 0 Å². The van der Waals surface area contributed by atoms with Crippen LogP contribution in [0.3, 0.4) is 0 Å². The molecule has 3 rings (SSSR count). The standard InChI is InChI=1S/C19H16N4O4/c24-18(15-4-1-5-17(13-15)23(26)27)20-10-2-3-14-6-8-16(9-7-14)22-12-11-21-19(22)25/h1,4-9,13H,10-12H2,(H,20,24)(H,21,25). The van der Waals surface area contributed by atoms with Crippen molar-refractivity contribution in [2.75, 3.05) is 24.5 Å². The molecule has 0 radical (unpaired) electrons. The predicted octanol–water partition coefficient (Wildman–Crippen LogP) is 1.91. The van der Waals surface area contributed by atoms with E-state index in [-0.39, 0.29) is 23.8 Å². The zero-order valence-corrected chi connectivity index (χ0v) is 14.3. The molecule has 0 bridgehead atoms. The molecule has 2 N–H and O–H groups in total. The molecular weight excluding hydrogens is 348 g/mol. The molecule has 0 aromatic heterocycles. The van der Waals surface area contributed by atoms with Crippen molar-refractivity contribution < 1.29 is 14.5 Å². The summed E-state index contributed by atoms with van der Waals surface area (Å²) in [6.45, 7) is 1.37. The number of anilines is 1. The number of hydrogen-bond acceptors (Lipinski definition) is 4. The van der Waals surface area contributed by atoms with Crippen molar-refractivity contribution in [1.82, 2.24) is 10.6 Å². The monoisotopic (exact) mass is 364 g/mol. The zero-order chi connectivity index (χ0) is 19.2. The maximum absolute atomic E-state index is 12.0. The Kier molecular flexibility index (Phi) is 5.33. The molecule has 1 saturated heterocycles. The summed E-state index contributed by atoms with van der Waals surface area (Å²) in [5.74, 6) is 5.32. The van der Waals surface area contributed by atoms with Gasteiger partial charge >= 0.3 is 6.03 Å². The molecule has 3 amide bonds. The van der Waals surface area contributed by atoms with E-state index >= 15 is 0 Å². The third kappa shape index (κ3) is 4.41. The first-order valence-corrected chi connectivity index (χ1v) is 8.21. The van der Waals surface area contributed by atoms with Gasteiger partial charge in [-0.1, -0.05) is 17.9 Å². The minimum absolute atomic E-state index is 0.109. The van der Waals surface area contributed by atoms with Gasteiger partial charge in [-0.05, 0) is 30.3 Å². The Morgan fingerprint density at radius 1 is 1.26 bits per heavy atom. The molecule has 8 nitrogen and oxygen atoms in total. The number of benzene rings is 2. The van der Waals surface area contributed by atoms with E-state index in [1.807, 2.05) is 12.1 Å². The van der Waals surface area contributed by atoms with E-state index in [2.05, 4.69) is 22.5 Å². The number of amides is 3. The Hall–Kier alpha value is -3.86. The van der Waals surface area contributed by atoms with Gasteiger partial charge in [0, 0.05) is 42.0 Å². The number of hydrogen-bond donors (Lipinski definition) is 2. The van der Waals surface area contributed by atoms with E-state index in [4.69, 9.17) is 0 Å². The van der Waals surface area contributed by atoms with Gasteiger partial charge in [0.05, 0.1) is 11.5 Å². The molecule has 1 aliphatic heterocycles. The lowest BCUT2D eigenvalue weighted by atomic mass is 10.2. The van der Waals surface area contributed by atoms with Crippen molar-refractivity contribution >= 4 is 23.3 Å². The number of nitro groups is 1. The summed E-state index contributed by atoms with van der Waals surface area (Å²) in [4.78, 5) is 35.5. The molecule has 1 aliphatic rings. The second-order valence-corrected chi connectivity index (χ2v) is 5.72. The molecule has 1 fully saturated rings. The van der Waals surface area contributed by atoms with Crippen LogP contribution >= 0.6 is 0 Å². The summed E-state index contributed by atoms with van der Waals surface area (Å²) >= 11 is 0. The molecule has 0 saturated carbocycles. The minimum Gasteiger partial charge on any atom is -0.341 e. The number of carbonyl (C=O) groups is 2. The molecule has 2 aromatic carbocycles. The number of nitrogens with one attached hydrogen (secondary N) is 2. The highest BCUT2D eigenvalue weighted by atomic mass is 16.6. The molecule has 0 spiro atoms. The maximum Gasteiger partial charge on any atom is 0.321 e. The van der Waals surface area contributed by atoms with Gasteiger partial charge in [0.15, 0.2) is 0 Å². The minimum atomic E-state index is -0.550. The number of rotatable bonds is 4. The lowest BCUT2D eigenvalue weighted by molar-refractivity contribution is -0.384. The highest BCUT2D eigenvalue weighted by molar-refractivity contribution is 5.95. The molecule has 0 aliphatic carbocycles. The van der Waals surface area contributed by atoms with Crippen LogP contribution in [0.5, 0.6) is 0 Å². The van der Waals surface area contributed by atoms with Crippen LogP contribution in [0.4, 0.5) is 16.2 Å². The molecule has 2 aromatic rings. The van der Waals surface area contributed by atoms with Crippen LogP contribution in [0.25, 0.3) is 0 Å². The van der Waals surface area contributed by atoms with Gasteiger partial charge in [0.25, 0.3) is 11.6 Å². The van der Waals surface area contributed by atoms with Gasteiger partial charge in [-0.3, -0.25) is 19.8 Å². The van der Waals surface area contributed by atoms with Crippen molar-refractivity contribution in [3.05, 3.63) is 69.8 Å². The topological polar surface area (TPSA) is 105 Å². The van der Waals surface area contributed by atoms with Crippen LogP contribution < -0.4 is 15.5 Å². The van der Waals surface area contributed by atoms with Gasteiger partial charge in [-0.25, -0.2) is 4.79 Å². The number of nitro benzene ring substituents is 1. The zero-order valence-electron chi connectivity index (χ0n) is 14.3. The van der Waals surface area contributed by atoms with E-state index in [9.17, 15) is 19.7 Å². The molecule has 27 heavy (non-hydrogen) atoms. The third-order valence-corrected chi connectivity index (χ3v) is 3.92. The summed E-state index contributed by atoms with van der Waals surface area (Å²) in [5.41, 5.74) is 1.62. The summed E-state index contributed by atoms with van der Waals surface area (Å²) in [5, 5.41) is 16.1. The van der Waals surface area contributed by atoms with E-state index in [1.165, 1.54) is 24.3 Å². The Morgan fingerprint density at radius 2 is 2.04 bits per heavy atom. The number of nitrogens with zero attached hydrogens (tertiary/aromatic N) is 2. The molecule has 8 heteroatoms. The maximum atomic E-state index is 12.0. The van der Waals surface area contributed by atoms with E-state index < -0.39 is 10.8 Å². The van der Waals surface area contributed by atoms with Crippen LogP contribution in [0, 0.1) is 22.0 Å². The van der Waals surface area contributed by atoms with Crippen LogP contribution in [-0.4, -0.2) is 36.5 Å². The molecular formula is C19H16N4O4. The van der Waals surface area contributed by atoms with Crippen molar-refractivity contribution in [2.45, 2.75) is 0 Å². The lowest BCUT2D eigenvalue weighted by Crippen LogP contribution is -2.27. The summed E-state index contributed by atoms with van der Waals surface area (Å²) in [7, 11) is 0. The fraction of sp³-hybridized carbons (Fsp3) is 0.158. The fourth-order valence-corrected chi connectivity index (χ4v) is 2.58. The van der Waals surface area contributed by atoms with Crippen LogP contribution in [0.15, 0.2) is 48.5 Å². The summed E-state index contributed by atoms with van der Waals surface area (Å²) in [6, 6.07) is 12.6. The normalized spacial score (nSPS) is 12.7. The van der Waals surface area contributed by atoms with Crippen molar-refractivity contribution in [3.8, 4) is 11.8 Å². The highest BCUT2D eigenvalue weighted by Gasteiger charge is 2.20. The van der Waals surface area contributed by atoms with E-state index in [0.29, 0.717) is 13.1 Å². The number of non-ortho nitro benzene ring substituents is 1. The second-order valence-electron chi connectivity index (χ2n) is 5.72. The average molecular weight is 364 g/mol. The van der Waals surface area contributed by atoms with Crippen LogP contribution in [0.1, 0.15) is 15.9 Å². The van der Waals surface area contributed by atoms with Crippen molar-refractivity contribution in [3.63, 3.8) is 0 Å². The second kappa shape index (κ2) is 8.01. The van der Waals surface area contributed by atoms with Crippen molar-refractivity contribution in [2.24, 2.45) is 0 Å². The van der Waals surface area contributed by atoms with Crippen molar-refractivity contribution in [1.29, 1.82) is 0 Å². The predicted molar refractivity (Wildman–Crippen MR) is 99.5 cm³/mol. The van der Waals surface area contributed by atoms with Gasteiger partial charge in [0.1, 0.15) is 0 Å². The molecule has 0 atom stereocenters. The summed E-state index contributed by atoms with van der Waals surface area (Å²) in [6.07, 6.45) is 0. The highest BCUT2D eigenvalue weighted by Crippen LogP contribution is 2.17. The first-order valence-electron chi connectivity index (χ1n) is 8.21. The summed E-state index contributed by atoms with van der Waals surface area (Å²) < 4.78 is 0. The first kappa shape index (κ1) is 17.9. The smallest absolute Gasteiger partial charge is 0.321 e. The quantitative estimate of drug-likeness (QED) is 0.491. The SMILES string of the molecule is O=C(NCC#Cc1ccc(N2CCNC2=O)cc1)c1cccc([N+](=O)[O-])c1. The fourth-order valence-electron chi connectivity index (χ4n) is 2.58. The number of urea groups is 1. The molecule has 0 unspecified atom stereocenters.